The Morgan fingerprint density at radius 2 is 1.52 bits per heavy atom. The fourth-order valence-corrected chi connectivity index (χ4v) is 3.45. The molecular weight excluding hydrogens is 340 g/mol. The smallest absolute Gasteiger partial charge is 0.308 e. The molecule has 0 saturated carbocycles. The molecule has 0 unspecified atom stereocenters. The molecule has 0 aromatic heterocycles. The van der Waals surface area contributed by atoms with E-state index in [1.807, 2.05) is 54.6 Å². The predicted molar refractivity (Wildman–Crippen MR) is 105 cm³/mol. The summed E-state index contributed by atoms with van der Waals surface area (Å²) in [5.74, 6) is -0.250. The zero-order valence-electron chi connectivity index (χ0n) is 14.6. The number of rotatable bonds is 3. The highest BCUT2D eigenvalue weighted by molar-refractivity contribution is 6.12. The average Bonchev–Trinajstić information content (AvgIpc) is 2.68. The van der Waals surface area contributed by atoms with Crippen LogP contribution in [0.2, 0.25) is 0 Å². The molecule has 1 N–H and O–H groups in total. The molecule has 0 spiro atoms. The monoisotopic (exact) mass is 356 g/mol. The standard InChI is InChI=1S/C23H16O4/c1-14(25)27-20-11-10-15-6-2-4-8-18(15)21(20)22-19-9-5-3-7-16(19)12-17(13-24)23(22)26/h2-13,26H,1H3. The number of carbonyl (C=O) groups is 2. The quantitative estimate of drug-likeness (QED) is 0.315. The first kappa shape index (κ1) is 16.8. The molecule has 4 aromatic rings. The lowest BCUT2D eigenvalue weighted by Crippen LogP contribution is -2.03. The summed E-state index contributed by atoms with van der Waals surface area (Å²) in [7, 11) is 0. The van der Waals surface area contributed by atoms with E-state index in [1.165, 1.54) is 6.92 Å². The second-order valence-electron chi connectivity index (χ2n) is 6.28. The van der Waals surface area contributed by atoms with Gasteiger partial charge in [0.25, 0.3) is 0 Å². The van der Waals surface area contributed by atoms with Gasteiger partial charge in [-0.1, -0.05) is 54.6 Å². The van der Waals surface area contributed by atoms with E-state index in [4.69, 9.17) is 4.74 Å². The van der Waals surface area contributed by atoms with E-state index in [0.717, 1.165) is 21.5 Å². The van der Waals surface area contributed by atoms with Crippen LogP contribution in [0.3, 0.4) is 0 Å². The minimum atomic E-state index is -0.457. The van der Waals surface area contributed by atoms with Gasteiger partial charge in [-0.3, -0.25) is 9.59 Å². The Morgan fingerprint density at radius 3 is 2.19 bits per heavy atom. The van der Waals surface area contributed by atoms with Crippen molar-refractivity contribution in [2.24, 2.45) is 0 Å². The molecule has 0 aliphatic carbocycles. The summed E-state index contributed by atoms with van der Waals surface area (Å²) in [6, 6.07) is 20.3. The molecule has 4 aromatic carbocycles. The zero-order valence-corrected chi connectivity index (χ0v) is 14.6. The number of phenolic OH excluding ortho intramolecular Hbond substituents is 1. The summed E-state index contributed by atoms with van der Waals surface area (Å²) in [5.41, 5.74) is 1.24. The summed E-state index contributed by atoms with van der Waals surface area (Å²) < 4.78 is 5.45. The molecule has 27 heavy (non-hydrogen) atoms. The minimum absolute atomic E-state index is 0.131. The summed E-state index contributed by atoms with van der Waals surface area (Å²) in [5, 5.41) is 14.2. The largest absolute Gasteiger partial charge is 0.507 e. The van der Waals surface area contributed by atoms with Crippen LogP contribution in [-0.2, 0) is 4.79 Å². The minimum Gasteiger partial charge on any atom is -0.507 e. The van der Waals surface area contributed by atoms with Gasteiger partial charge in [0, 0.05) is 18.1 Å². The van der Waals surface area contributed by atoms with Crippen molar-refractivity contribution in [3.8, 4) is 22.6 Å². The Hall–Kier alpha value is -3.66. The maximum absolute atomic E-state index is 11.7. The second-order valence-corrected chi connectivity index (χ2v) is 6.28. The van der Waals surface area contributed by atoms with E-state index in [1.54, 1.807) is 12.1 Å². The number of phenols is 1. The van der Waals surface area contributed by atoms with E-state index < -0.39 is 5.97 Å². The average molecular weight is 356 g/mol. The number of benzene rings is 4. The van der Waals surface area contributed by atoms with Crippen molar-refractivity contribution in [3.05, 3.63) is 72.3 Å². The molecule has 0 atom stereocenters. The fourth-order valence-electron chi connectivity index (χ4n) is 3.45. The van der Waals surface area contributed by atoms with Gasteiger partial charge >= 0.3 is 5.97 Å². The zero-order chi connectivity index (χ0) is 19.0. The van der Waals surface area contributed by atoms with Gasteiger partial charge in [-0.2, -0.15) is 0 Å². The number of ether oxygens (including phenoxy) is 1. The van der Waals surface area contributed by atoms with Gasteiger partial charge in [0.1, 0.15) is 11.5 Å². The lowest BCUT2D eigenvalue weighted by atomic mass is 9.90. The third kappa shape index (κ3) is 2.81. The van der Waals surface area contributed by atoms with Gasteiger partial charge in [0.05, 0.1) is 5.56 Å². The van der Waals surface area contributed by atoms with Crippen LogP contribution in [0.25, 0.3) is 32.7 Å². The van der Waals surface area contributed by atoms with E-state index >= 15 is 0 Å². The SMILES string of the molecule is CC(=O)Oc1ccc2ccccc2c1-c1c(O)c(C=O)cc2ccccc12. The highest BCUT2D eigenvalue weighted by Gasteiger charge is 2.21. The number of aldehydes is 1. The topological polar surface area (TPSA) is 63.6 Å². The van der Waals surface area contributed by atoms with Crippen molar-refractivity contribution in [1.82, 2.24) is 0 Å². The molecule has 0 heterocycles. The first-order chi connectivity index (χ1) is 13.1. The van der Waals surface area contributed by atoms with E-state index in [9.17, 15) is 14.7 Å². The van der Waals surface area contributed by atoms with Crippen LogP contribution in [0.4, 0.5) is 0 Å². The number of hydrogen-bond acceptors (Lipinski definition) is 4. The number of aromatic hydroxyl groups is 1. The van der Waals surface area contributed by atoms with Crippen LogP contribution < -0.4 is 4.74 Å². The van der Waals surface area contributed by atoms with Crippen molar-refractivity contribution in [3.63, 3.8) is 0 Å². The third-order valence-electron chi connectivity index (χ3n) is 4.57. The van der Waals surface area contributed by atoms with Crippen molar-refractivity contribution in [1.29, 1.82) is 0 Å². The van der Waals surface area contributed by atoms with Gasteiger partial charge in [-0.15, -0.1) is 0 Å². The molecule has 0 amide bonds. The van der Waals surface area contributed by atoms with Crippen molar-refractivity contribution >= 4 is 33.8 Å². The number of hydrogen-bond donors (Lipinski definition) is 1. The maximum Gasteiger partial charge on any atom is 0.308 e. The van der Waals surface area contributed by atoms with Crippen LogP contribution in [0.15, 0.2) is 66.7 Å². The number of carbonyl (C=O) groups excluding carboxylic acids is 2. The number of fused-ring (bicyclic) bond motifs is 2. The molecule has 0 aliphatic rings. The predicted octanol–water partition coefficient (Wildman–Crippen LogP) is 5.10. The molecule has 4 rings (SSSR count). The highest BCUT2D eigenvalue weighted by Crippen LogP contribution is 2.46. The summed E-state index contributed by atoms with van der Waals surface area (Å²) in [6.45, 7) is 1.33. The van der Waals surface area contributed by atoms with Crippen LogP contribution in [0.1, 0.15) is 17.3 Å². The lowest BCUT2D eigenvalue weighted by molar-refractivity contribution is -0.131. The molecule has 0 radical (unpaired) electrons. The first-order valence-electron chi connectivity index (χ1n) is 8.50. The maximum atomic E-state index is 11.7. The molecule has 4 heteroatoms. The molecule has 0 saturated heterocycles. The Bertz CT molecular complexity index is 1210. The third-order valence-corrected chi connectivity index (χ3v) is 4.57. The van der Waals surface area contributed by atoms with Crippen LogP contribution in [-0.4, -0.2) is 17.4 Å². The molecule has 0 fully saturated rings. The van der Waals surface area contributed by atoms with Crippen LogP contribution in [0, 0.1) is 0 Å². The Kier molecular flexibility index (Phi) is 4.09. The fraction of sp³-hybridized carbons (Fsp3) is 0.0435. The Labute approximate surface area is 155 Å². The molecule has 4 nitrogen and oxygen atoms in total. The Morgan fingerprint density at radius 1 is 0.889 bits per heavy atom. The van der Waals surface area contributed by atoms with Crippen molar-refractivity contribution < 1.29 is 19.4 Å². The van der Waals surface area contributed by atoms with Gasteiger partial charge in [-0.25, -0.2) is 0 Å². The van der Waals surface area contributed by atoms with Crippen molar-refractivity contribution in [2.75, 3.05) is 0 Å². The van der Waals surface area contributed by atoms with Crippen LogP contribution in [0.5, 0.6) is 11.5 Å². The van der Waals surface area contributed by atoms with E-state index in [0.29, 0.717) is 23.2 Å². The van der Waals surface area contributed by atoms with Gasteiger partial charge in [0.2, 0.25) is 0 Å². The second kappa shape index (κ2) is 6.57. The van der Waals surface area contributed by atoms with Gasteiger partial charge < -0.3 is 9.84 Å². The van der Waals surface area contributed by atoms with Crippen LogP contribution >= 0.6 is 0 Å². The summed E-state index contributed by atoms with van der Waals surface area (Å²) in [6.07, 6.45) is 0.627. The first-order valence-corrected chi connectivity index (χ1v) is 8.50. The normalized spacial score (nSPS) is 10.9. The molecule has 132 valence electrons. The summed E-state index contributed by atoms with van der Waals surface area (Å²) in [4.78, 5) is 23.2. The molecular formula is C23H16O4. The van der Waals surface area contributed by atoms with E-state index in [2.05, 4.69) is 0 Å². The van der Waals surface area contributed by atoms with E-state index in [-0.39, 0.29) is 11.3 Å². The molecule has 0 aliphatic heterocycles. The summed E-state index contributed by atoms with van der Waals surface area (Å²) >= 11 is 0. The highest BCUT2D eigenvalue weighted by atomic mass is 16.5. The molecule has 0 bridgehead atoms. The Balaban J connectivity index is 2.21. The number of esters is 1. The van der Waals surface area contributed by atoms with Gasteiger partial charge in [0.15, 0.2) is 6.29 Å². The van der Waals surface area contributed by atoms with Crippen molar-refractivity contribution in [2.45, 2.75) is 6.92 Å². The van der Waals surface area contributed by atoms with Gasteiger partial charge in [-0.05, 0) is 33.7 Å². The lowest BCUT2D eigenvalue weighted by Gasteiger charge is -2.17.